The molecule has 150 valence electrons. The Morgan fingerprint density at radius 1 is 1.14 bits per heavy atom. The van der Waals surface area contributed by atoms with E-state index in [2.05, 4.69) is 15.1 Å². The van der Waals surface area contributed by atoms with Crippen LogP contribution in [-0.2, 0) is 6.18 Å². The SMILES string of the molecule is O[C@]1(C(F)(F)F)CC(C2CC2)=NN1c1nc(-c2cccs2)cc(C(F)(F)F)n1. The first-order chi connectivity index (χ1) is 13.0. The maximum atomic E-state index is 13.6. The second kappa shape index (κ2) is 6.14. The summed E-state index contributed by atoms with van der Waals surface area (Å²) in [5.74, 6) is -1.17. The second-order valence-electron chi connectivity index (χ2n) is 6.58. The molecule has 12 heteroatoms. The van der Waals surface area contributed by atoms with Gasteiger partial charge in [0.25, 0.3) is 5.72 Å². The van der Waals surface area contributed by atoms with E-state index in [4.69, 9.17) is 0 Å². The van der Waals surface area contributed by atoms with Crippen molar-refractivity contribution in [2.75, 3.05) is 5.01 Å². The summed E-state index contributed by atoms with van der Waals surface area (Å²) in [6.45, 7) is 0. The molecule has 0 spiro atoms. The molecule has 1 N–H and O–H groups in total. The highest BCUT2D eigenvalue weighted by Crippen LogP contribution is 2.47. The fraction of sp³-hybridized carbons (Fsp3) is 0.438. The summed E-state index contributed by atoms with van der Waals surface area (Å²) in [7, 11) is 0. The van der Waals surface area contributed by atoms with Gasteiger partial charge in [-0.05, 0) is 36.3 Å². The Hall–Kier alpha value is -2.21. The van der Waals surface area contributed by atoms with Crippen LogP contribution in [0.4, 0.5) is 32.3 Å². The van der Waals surface area contributed by atoms with Gasteiger partial charge in [0.05, 0.1) is 10.6 Å². The molecule has 0 aromatic carbocycles. The van der Waals surface area contributed by atoms with Crippen LogP contribution in [0.1, 0.15) is 25.0 Å². The van der Waals surface area contributed by atoms with Gasteiger partial charge in [0.15, 0.2) is 5.69 Å². The van der Waals surface area contributed by atoms with Gasteiger partial charge < -0.3 is 5.11 Å². The van der Waals surface area contributed by atoms with E-state index in [9.17, 15) is 31.4 Å². The lowest BCUT2D eigenvalue weighted by molar-refractivity contribution is -0.254. The summed E-state index contributed by atoms with van der Waals surface area (Å²) >= 11 is 1.07. The lowest BCUT2D eigenvalue weighted by Crippen LogP contribution is -2.55. The average molecular weight is 422 g/mol. The maximum Gasteiger partial charge on any atom is 0.438 e. The molecule has 5 nitrogen and oxygen atoms in total. The Kier molecular flexibility index (Phi) is 4.20. The maximum absolute atomic E-state index is 13.6. The first-order valence-electron chi connectivity index (χ1n) is 8.16. The van der Waals surface area contributed by atoms with Gasteiger partial charge in [0.2, 0.25) is 5.95 Å². The third kappa shape index (κ3) is 3.24. The smallest absolute Gasteiger partial charge is 0.362 e. The molecule has 2 aromatic heterocycles. The molecule has 1 aliphatic heterocycles. The van der Waals surface area contributed by atoms with Crippen LogP contribution in [0.5, 0.6) is 0 Å². The largest absolute Gasteiger partial charge is 0.438 e. The van der Waals surface area contributed by atoms with Gasteiger partial charge in [0, 0.05) is 12.1 Å². The number of thiophene rings is 1. The first kappa shape index (κ1) is 19.1. The molecule has 1 atom stereocenters. The molecule has 1 fully saturated rings. The molecule has 1 aliphatic carbocycles. The van der Waals surface area contributed by atoms with Crippen molar-refractivity contribution in [3.8, 4) is 10.6 Å². The Morgan fingerprint density at radius 3 is 2.39 bits per heavy atom. The van der Waals surface area contributed by atoms with Crippen molar-refractivity contribution in [2.45, 2.75) is 37.3 Å². The Balaban J connectivity index is 1.87. The predicted octanol–water partition coefficient (Wildman–Crippen LogP) is 4.45. The predicted molar refractivity (Wildman–Crippen MR) is 88.6 cm³/mol. The summed E-state index contributed by atoms with van der Waals surface area (Å²) in [5, 5.41) is 15.8. The summed E-state index contributed by atoms with van der Waals surface area (Å²) < 4.78 is 80.7. The number of aliphatic hydroxyl groups is 1. The first-order valence-corrected chi connectivity index (χ1v) is 9.04. The summed E-state index contributed by atoms with van der Waals surface area (Å²) in [6.07, 6.45) is -9.71. The van der Waals surface area contributed by atoms with Crippen molar-refractivity contribution in [1.82, 2.24) is 9.97 Å². The van der Waals surface area contributed by atoms with Crippen LogP contribution in [-0.4, -0.2) is 32.7 Å². The second-order valence-corrected chi connectivity index (χ2v) is 7.53. The fourth-order valence-corrected chi connectivity index (χ4v) is 3.56. The van der Waals surface area contributed by atoms with Crippen molar-refractivity contribution < 1.29 is 31.4 Å². The lowest BCUT2D eigenvalue weighted by atomic mass is 10.0. The van der Waals surface area contributed by atoms with Crippen molar-refractivity contribution in [3.63, 3.8) is 0 Å². The van der Waals surface area contributed by atoms with E-state index in [1.54, 1.807) is 11.4 Å². The van der Waals surface area contributed by atoms with Crippen LogP contribution < -0.4 is 5.01 Å². The fourth-order valence-electron chi connectivity index (χ4n) is 2.87. The van der Waals surface area contributed by atoms with E-state index in [1.807, 2.05) is 0 Å². The standard InChI is InChI=1S/C16H12F6N4OS/c17-15(18,19)12-6-9(11-2-1-5-28-11)23-13(24-12)26-14(27,16(20,21)22)7-10(25-26)8-3-4-8/h1-2,5-6,8,27H,3-4,7H2/t14-/m0/s1. The minimum Gasteiger partial charge on any atom is -0.362 e. The van der Waals surface area contributed by atoms with Crippen LogP contribution in [0, 0.1) is 5.92 Å². The van der Waals surface area contributed by atoms with E-state index in [-0.39, 0.29) is 22.3 Å². The molecule has 2 aromatic rings. The highest BCUT2D eigenvalue weighted by molar-refractivity contribution is 7.13. The van der Waals surface area contributed by atoms with Gasteiger partial charge in [-0.15, -0.1) is 11.3 Å². The molecule has 1 saturated carbocycles. The number of hydrogen-bond donors (Lipinski definition) is 1. The van der Waals surface area contributed by atoms with E-state index >= 15 is 0 Å². The van der Waals surface area contributed by atoms with Crippen molar-refractivity contribution in [2.24, 2.45) is 11.0 Å². The summed E-state index contributed by atoms with van der Waals surface area (Å²) in [5.41, 5.74) is -5.03. The number of aromatic nitrogens is 2. The van der Waals surface area contributed by atoms with Crippen LogP contribution in [0.15, 0.2) is 28.7 Å². The summed E-state index contributed by atoms with van der Waals surface area (Å²) in [6, 6.07) is 3.71. The number of anilines is 1. The third-order valence-electron chi connectivity index (χ3n) is 4.48. The van der Waals surface area contributed by atoms with E-state index < -0.39 is 36.1 Å². The van der Waals surface area contributed by atoms with E-state index in [0.717, 1.165) is 11.3 Å². The molecule has 4 rings (SSSR count). The molecule has 0 radical (unpaired) electrons. The quantitative estimate of drug-likeness (QED) is 0.743. The molecular weight excluding hydrogens is 410 g/mol. The van der Waals surface area contributed by atoms with Gasteiger partial charge in [-0.3, -0.25) is 0 Å². The Morgan fingerprint density at radius 2 is 1.86 bits per heavy atom. The normalized spacial score (nSPS) is 23.2. The molecule has 2 aliphatic rings. The third-order valence-corrected chi connectivity index (χ3v) is 5.37. The molecule has 0 unspecified atom stereocenters. The van der Waals surface area contributed by atoms with Crippen LogP contribution in [0.3, 0.4) is 0 Å². The minimum absolute atomic E-state index is 0.0764. The zero-order valence-electron chi connectivity index (χ0n) is 13.9. The van der Waals surface area contributed by atoms with Crippen LogP contribution in [0.2, 0.25) is 0 Å². The lowest BCUT2D eigenvalue weighted by Gasteiger charge is -2.32. The highest BCUT2D eigenvalue weighted by atomic mass is 32.1. The molecule has 3 heterocycles. The monoisotopic (exact) mass is 422 g/mol. The van der Waals surface area contributed by atoms with Gasteiger partial charge in [-0.1, -0.05) is 6.07 Å². The average Bonchev–Trinajstić information content (AvgIpc) is 3.16. The number of halogens is 6. The number of rotatable bonds is 3. The highest BCUT2D eigenvalue weighted by Gasteiger charge is 2.63. The number of alkyl halides is 6. The number of hydrazone groups is 1. The molecule has 0 saturated heterocycles. The minimum atomic E-state index is -5.17. The van der Waals surface area contributed by atoms with E-state index in [1.165, 1.54) is 6.07 Å². The molecule has 0 amide bonds. The van der Waals surface area contributed by atoms with Gasteiger partial charge in [-0.2, -0.15) is 36.5 Å². The molecule has 28 heavy (non-hydrogen) atoms. The van der Waals surface area contributed by atoms with Crippen molar-refractivity contribution >= 4 is 23.0 Å². The van der Waals surface area contributed by atoms with Crippen LogP contribution >= 0.6 is 11.3 Å². The van der Waals surface area contributed by atoms with Crippen molar-refractivity contribution in [3.05, 3.63) is 29.3 Å². The Bertz CT molecular complexity index is 922. The number of nitrogens with zero attached hydrogens (tertiary/aromatic N) is 4. The topological polar surface area (TPSA) is 61.6 Å². The zero-order chi connectivity index (χ0) is 20.3. The molecular formula is C16H12F6N4OS. The Labute approximate surface area is 158 Å². The van der Waals surface area contributed by atoms with Gasteiger partial charge in [-0.25, -0.2) is 9.97 Å². The van der Waals surface area contributed by atoms with Gasteiger partial charge >= 0.3 is 12.4 Å². The zero-order valence-corrected chi connectivity index (χ0v) is 14.7. The summed E-state index contributed by atoms with van der Waals surface area (Å²) in [4.78, 5) is 7.41. The number of hydrogen-bond acceptors (Lipinski definition) is 6. The molecule has 0 bridgehead atoms. The van der Waals surface area contributed by atoms with Crippen molar-refractivity contribution in [1.29, 1.82) is 0 Å². The van der Waals surface area contributed by atoms with Gasteiger partial charge in [0.1, 0.15) is 0 Å². The van der Waals surface area contributed by atoms with Crippen LogP contribution in [0.25, 0.3) is 10.6 Å². The van der Waals surface area contributed by atoms with E-state index in [0.29, 0.717) is 23.8 Å².